The number of allylic oxidation sites excluding steroid dienone is 1. The standard InChI is InChI=1S/C23H26N2O2S/c1-16-8-9-22-20(12-16)21-15-24(3)11-10-23(21)25(22)14-17(2)18-6-5-7-19(13-18)28(4,26)27/h5-9,12-14H,10-11,15H2,1-4H3. The fraction of sp³-hybridized carbons (Fsp3) is 0.304. The number of sulfone groups is 1. The van der Waals surface area contributed by atoms with Crippen LogP contribution in [-0.4, -0.2) is 37.7 Å². The van der Waals surface area contributed by atoms with Crippen LogP contribution in [0.5, 0.6) is 0 Å². The fourth-order valence-electron chi connectivity index (χ4n) is 4.03. The molecule has 28 heavy (non-hydrogen) atoms. The van der Waals surface area contributed by atoms with Crippen LogP contribution in [0.25, 0.3) is 22.7 Å². The van der Waals surface area contributed by atoms with Gasteiger partial charge in [0.05, 0.1) is 10.4 Å². The molecule has 0 N–H and O–H groups in total. The van der Waals surface area contributed by atoms with Crippen molar-refractivity contribution in [3.63, 3.8) is 0 Å². The third-order valence-electron chi connectivity index (χ3n) is 5.57. The van der Waals surface area contributed by atoms with Gasteiger partial charge in [0, 0.05) is 43.0 Å². The lowest BCUT2D eigenvalue weighted by atomic mass is 10.0. The molecule has 2 aromatic carbocycles. The highest BCUT2D eigenvalue weighted by Crippen LogP contribution is 2.33. The van der Waals surface area contributed by atoms with E-state index in [2.05, 4.69) is 47.8 Å². The molecule has 0 unspecified atom stereocenters. The van der Waals surface area contributed by atoms with Crippen LogP contribution < -0.4 is 0 Å². The molecule has 4 nitrogen and oxygen atoms in total. The molecule has 3 aromatic rings. The normalized spacial score (nSPS) is 15.8. The molecule has 0 saturated carbocycles. The number of nitrogens with zero attached hydrogens (tertiary/aromatic N) is 2. The summed E-state index contributed by atoms with van der Waals surface area (Å²) < 4.78 is 26.2. The first kappa shape index (κ1) is 19.0. The maximum absolute atomic E-state index is 11.9. The first-order valence-electron chi connectivity index (χ1n) is 9.54. The van der Waals surface area contributed by atoms with Crippen LogP contribution in [0, 0.1) is 6.92 Å². The lowest BCUT2D eigenvalue weighted by Crippen LogP contribution is -2.26. The predicted octanol–water partition coefficient (Wildman–Crippen LogP) is 4.36. The molecule has 0 aliphatic carbocycles. The Labute approximate surface area is 167 Å². The summed E-state index contributed by atoms with van der Waals surface area (Å²) in [5.41, 5.74) is 7.22. The summed E-state index contributed by atoms with van der Waals surface area (Å²) in [5.74, 6) is 0. The number of aryl methyl sites for hydroxylation is 1. The summed E-state index contributed by atoms with van der Waals surface area (Å²) >= 11 is 0. The second-order valence-electron chi connectivity index (χ2n) is 7.92. The van der Waals surface area contributed by atoms with Crippen molar-refractivity contribution < 1.29 is 8.42 Å². The SMILES string of the molecule is CC(=Cn1c2c(c3cc(C)ccc31)CN(C)CC2)c1cccc(S(C)(=O)=O)c1. The van der Waals surface area contributed by atoms with E-state index < -0.39 is 9.84 Å². The molecule has 146 valence electrons. The Morgan fingerprint density at radius 1 is 1.14 bits per heavy atom. The fourth-order valence-corrected chi connectivity index (χ4v) is 4.70. The second-order valence-corrected chi connectivity index (χ2v) is 9.93. The number of hydrogen-bond acceptors (Lipinski definition) is 3. The molecule has 1 aliphatic rings. The van der Waals surface area contributed by atoms with Gasteiger partial charge in [-0.25, -0.2) is 8.42 Å². The lowest BCUT2D eigenvalue weighted by molar-refractivity contribution is 0.312. The van der Waals surface area contributed by atoms with Crippen LogP contribution >= 0.6 is 0 Å². The lowest BCUT2D eigenvalue weighted by Gasteiger charge is -2.23. The van der Waals surface area contributed by atoms with Crippen LogP contribution in [0.3, 0.4) is 0 Å². The second kappa shape index (κ2) is 6.90. The average molecular weight is 395 g/mol. The molecule has 0 saturated heterocycles. The largest absolute Gasteiger partial charge is 0.320 e. The Bertz CT molecular complexity index is 1200. The van der Waals surface area contributed by atoms with E-state index in [0.717, 1.165) is 30.6 Å². The van der Waals surface area contributed by atoms with E-state index in [1.54, 1.807) is 12.1 Å². The van der Waals surface area contributed by atoms with E-state index in [4.69, 9.17) is 0 Å². The van der Waals surface area contributed by atoms with Gasteiger partial charge >= 0.3 is 0 Å². The van der Waals surface area contributed by atoms with E-state index in [0.29, 0.717) is 4.90 Å². The van der Waals surface area contributed by atoms with Crippen LogP contribution in [0.1, 0.15) is 29.3 Å². The Morgan fingerprint density at radius 3 is 2.68 bits per heavy atom. The molecule has 2 heterocycles. The predicted molar refractivity (Wildman–Crippen MR) is 116 cm³/mol. The molecule has 0 spiro atoms. The van der Waals surface area contributed by atoms with Gasteiger partial charge in [-0.2, -0.15) is 0 Å². The Hall–Kier alpha value is -2.37. The van der Waals surface area contributed by atoms with E-state index >= 15 is 0 Å². The average Bonchev–Trinajstić information content (AvgIpc) is 2.93. The Kier molecular flexibility index (Phi) is 4.68. The van der Waals surface area contributed by atoms with Gasteiger partial charge in [0.15, 0.2) is 9.84 Å². The van der Waals surface area contributed by atoms with Crippen molar-refractivity contribution in [1.82, 2.24) is 9.47 Å². The maximum Gasteiger partial charge on any atom is 0.175 e. The van der Waals surface area contributed by atoms with Crippen molar-refractivity contribution in [3.05, 3.63) is 64.8 Å². The molecule has 0 atom stereocenters. The van der Waals surface area contributed by atoms with Gasteiger partial charge in [-0.3, -0.25) is 0 Å². The van der Waals surface area contributed by atoms with Gasteiger partial charge in [0.25, 0.3) is 0 Å². The molecular weight excluding hydrogens is 368 g/mol. The first-order chi connectivity index (χ1) is 13.2. The highest BCUT2D eigenvalue weighted by molar-refractivity contribution is 7.90. The Morgan fingerprint density at radius 2 is 1.93 bits per heavy atom. The molecule has 0 amide bonds. The van der Waals surface area contributed by atoms with Gasteiger partial charge in [-0.05, 0) is 61.9 Å². The number of aromatic nitrogens is 1. The van der Waals surface area contributed by atoms with Crippen molar-refractivity contribution in [1.29, 1.82) is 0 Å². The topological polar surface area (TPSA) is 42.3 Å². The smallest absolute Gasteiger partial charge is 0.175 e. The highest BCUT2D eigenvalue weighted by Gasteiger charge is 2.22. The van der Waals surface area contributed by atoms with Gasteiger partial charge in [0.1, 0.15) is 0 Å². The van der Waals surface area contributed by atoms with E-state index in [9.17, 15) is 8.42 Å². The third kappa shape index (κ3) is 3.40. The summed E-state index contributed by atoms with van der Waals surface area (Å²) in [7, 11) is -1.05. The summed E-state index contributed by atoms with van der Waals surface area (Å²) in [4.78, 5) is 2.72. The molecule has 0 fully saturated rings. The maximum atomic E-state index is 11.9. The van der Waals surface area contributed by atoms with E-state index in [1.807, 2.05) is 19.1 Å². The van der Waals surface area contributed by atoms with Gasteiger partial charge in [0.2, 0.25) is 0 Å². The molecule has 1 aromatic heterocycles. The number of fused-ring (bicyclic) bond motifs is 3. The molecular formula is C23H26N2O2S. The van der Waals surface area contributed by atoms with Crippen LogP contribution in [-0.2, 0) is 22.8 Å². The Balaban J connectivity index is 1.88. The summed E-state index contributed by atoms with van der Waals surface area (Å²) in [6.45, 7) is 6.17. The monoisotopic (exact) mass is 394 g/mol. The van der Waals surface area contributed by atoms with Gasteiger partial charge < -0.3 is 9.47 Å². The van der Waals surface area contributed by atoms with Crippen molar-refractivity contribution >= 4 is 32.5 Å². The minimum Gasteiger partial charge on any atom is -0.320 e. The first-order valence-corrected chi connectivity index (χ1v) is 11.4. The van der Waals surface area contributed by atoms with Crippen LogP contribution in [0.2, 0.25) is 0 Å². The molecule has 1 aliphatic heterocycles. The van der Waals surface area contributed by atoms with Crippen molar-refractivity contribution in [2.45, 2.75) is 31.7 Å². The molecule has 0 bridgehead atoms. The quantitative estimate of drug-likeness (QED) is 0.663. The number of rotatable bonds is 3. The van der Waals surface area contributed by atoms with E-state index in [-0.39, 0.29) is 0 Å². The third-order valence-corrected chi connectivity index (χ3v) is 6.68. The minimum absolute atomic E-state index is 0.356. The zero-order chi connectivity index (χ0) is 20.1. The van der Waals surface area contributed by atoms with Crippen molar-refractivity contribution in [2.75, 3.05) is 19.8 Å². The van der Waals surface area contributed by atoms with Crippen LogP contribution in [0.15, 0.2) is 47.4 Å². The minimum atomic E-state index is -3.22. The number of hydrogen-bond donors (Lipinski definition) is 0. The van der Waals surface area contributed by atoms with Gasteiger partial charge in [-0.15, -0.1) is 0 Å². The zero-order valence-corrected chi connectivity index (χ0v) is 17.7. The molecule has 5 heteroatoms. The van der Waals surface area contributed by atoms with Gasteiger partial charge in [-0.1, -0.05) is 23.8 Å². The summed E-state index contributed by atoms with van der Waals surface area (Å²) in [6.07, 6.45) is 4.41. The number of benzene rings is 2. The summed E-state index contributed by atoms with van der Waals surface area (Å²) in [5, 5.41) is 1.32. The number of likely N-dealkylation sites (N-methyl/N-ethyl adjacent to an activating group) is 1. The van der Waals surface area contributed by atoms with Crippen molar-refractivity contribution in [3.8, 4) is 0 Å². The van der Waals surface area contributed by atoms with Crippen molar-refractivity contribution in [2.24, 2.45) is 0 Å². The van der Waals surface area contributed by atoms with E-state index in [1.165, 1.54) is 34.0 Å². The molecule has 4 rings (SSSR count). The summed E-state index contributed by atoms with van der Waals surface area (Å²) in [6, 6.07) is 13.8. The highest BCUT2D eigenvalue weighted by atomic mass is 32.2. The van der Waals surface area contributed by atoms with Crippen LogP contribution in [0.4, 0.5) is 0 Å². The molecule has 0 radical (unpaired) electrons. The zero-order valence-electron chi connectivity index (χ0n) is 16.9.